The zero-order chi connectivity index (χ0) is 16.9. The van der Waals surface area contributed by atoms with Crippen LogP contribution < -0.4 is 5.32 Å². The molecule has 0 aliphatic heterocycles. The maximum absolute atomic E-state index is 12.7. The molecule has 1 N–H and O–H groups in total. The van der Waals surface area contributed by atoms with Gasteiger partial charge in [-0.1, -0.05) is 0 Å². The fourth-order valence-corrected chi connectivity index (χ4v) is 3.01. The van der Waals surface area contributed by atoms with Crippen LogP contribution in [0.25, 0.3) is 17.0 Å². The van der Waals surface area contributed by atoms with Crippen molar-refractivity contribution >= 4 is 11.6 Å². The number of imidazole rings is 1. The molecule has 1 aliphatic carbocycles. The first-order valence-corrected chi connectivity index (χ1v) is 8.01. The molecule has 3 aromatic heterocycles. The number of rotatable bonds is 4. The van der Waals surface area contributed by atoms with E-state index in [0.29, 0.717) is 28.6 Å². The first kappa shape index (κ1) is 14.9. The second-order valence-electron chi connectivity index (χ2n) is 6.89. The number of carbonyl (C=O) groups excluding carboxylic acids is 1. The third kappa shape index (κ3) is 2.46. The van der Waals surface area contributed by atoms with Gasteiger partial charge in [0.2, 0.25) is 0 Å². The Morgan fingerprint density at radius 2 is 2.12 bits per heavy atom. The third-order valence-electron chi connectivity index (χ3n) is 4.64. The van der Waals surface area contributed by atoms with Gasteiger partial charge in [0.15, 0.2) is 17.7 Å². The lowest BCUT2D eigenvalue weighted by Crippen LogP contribution is -2.45. The van der Waals surface area contributed by atoms with E-state index in [1.165, 1.54) is 12.7 Å². The van der Waals surface area contributed by atoms with Crippen LogP contribution in [0.1, 0.15) is 42.9 Å². The van der Waals surface area contributed by atoms with Crippen LogP contribution in [-0.2, 0) is 0 Å². The average Bonchev–Trinajstić information content (AvgIpc) is 3.09. The van der Waals surface area contributed by atoms with Crippen molar-refractivity contribution in [2.75, 3.05) is 0 Å². The van der Waals surface area contributed by atoms with Crippen LogP contribution in [0.2, 0.25) is 0 Å². The Morgan fingerprint density at radius 1 is 1.33 bits per heavy atom. The molecular formula is C17H19N5O2. The quantitative estimate of drug-likeness (QED) is 0.797. The highest BCUT2D eigenvalue weighted by Gasteiger charge is 2.39. The molecule has 1 aliphatic rings. The third-order valence-corrected chi connectivity index (χ3v) is 4.64. The van der Waals surface area contributed by atoms with Gasteiger partial charge in [0.05, 0.1) is 5.69 Å². The molecule has 1 fully saturated rings. The molecule has 3 heterocycles. The van der Waals surface area contributed by atoms with Crippen molar-refractivity contribution in [2.24, 2.45) is 5.92 Å². The number of hydrogen-bond acceptors (Lipinski definition) is 5. The van der Waals surface area contributed by atoms with Crippen molar-refractivity contribution in [3.05, 3.63) is 36.4 Å². The molecular weight excluding hydrogens is 306 g/mol. The largest absolute Gasteiger partial charge is 0.451 e. The molecule has 0 bridgehead atoms. The Balaban J connectivity index is 1.74. The van der Waals surface area contributed by atoms with Gasteiger partial charge in [-0.2, -0.15) is 0 Å². The molecule has 124 valence electrons. The van der Waals surface area contributed by atoms with Crippen LogP contribution in [0.3, 0.4) is 0 Å². The van der Waals surface area contributed by atoms with Gasteiger partial charge in [0.25, 0.3) is 5.91 Å². The summed E-state index contributed by atoms with van der Waals surface area (Å²) in [7, 11) is 0. The maximum Gasteiger partial charge on any atom is 0.274 e. The molecule has 1 saturated carbocycles. The van der Waals surface area contributed by atoms with Crippen LogP contribution in [0.5, 0.6) is 0 Å². The summed E-state index contributed by atoms with van der Waals surface area (Å²) in [5.41, 5.74) is 2.84. The Labute approximate surface area is 139 Å². The first-order valence-electron chi connectivity index (χ1n) is 8.01. The number of fused-ring (bicyclic) bond motifs is 1. The summed E-state index contributed by atoms with van der Waals surface area (Å²) in [4.78, 5) is 25.7. The van der Waals surface area contributed by atoms with Crippen molar-refractivity contribution in [1.29, 1.82) is 0 Å². The molecule has 1 amide bonds. The van der Waals surface area contributed by atoms with Gasteiger partial charge in [-0.05, 0) is 45.6 Å². The van der Waals surface area contributed by atoms with Gasteiger partial charge >= 0.3 is 0 Å². The number of oxazole rings is 1. The van der Waals surface area contributed by atoms with Gasteiger partial charge in [0.1, 0.15) is 18.3 Å². The highest BCUT2D eigenvalue weighted by atomic mass is 16.3. The standard InChI is InChI=1S/C17H19N5O2/c1-10-6-12(13-7-24-9-19-13)20-15-14(18-8-22(10)15)16(23)21-17(2,3)11-4-5-11/h6-9,11H,4-5H2,1-3H3,(H,21,23). The second-order valence-corrected chi connectivity index (χ2v) is 6.89. The van der Waals surface area contributed by atoms with E-state index in [9.17, 15) is 4.79 Å². The predicted octanol–water partition coefficient (Wildman–Crippen LogP) is 2.61. The number of carbonyl (C=O) groups is 1. The van der Waals surface area contributed by atoms with E-state index in [1.54, 1.807) is 6.33 Å². The molecule has 0 spiro atoms. The van der Waals surface area contributed by atoms with Crippen LogP contribution in [0.4, 0.5) is 0 Å². The Bertz CT molecular complexity index is 907. The summed E-state index contributed by atoms with van der Waals surface area (Å²) in [5, 5.41) is 3.10. The Kier molecular flexibility index (Phi) is 3.19. The summed E-state index contributed by atoms with van der Waals surface area (Å²) in [6, 6.07) is 1.89. The minimum absolute atomic E-state index is 0.196. The molecule has 3 aromatic rings. The number of amides is 1. The van der Waals surface area contributed by atoms with Crippen LogP contribution in [0, 0.1) is 12.8 Å². The Morgan fingerprint density at radius 3 is 2.79 bits per heavy atom. The molecule has 7 heteroatoms. The van der Waals surface area contributed by atoms with Gasteiger partial charge in [-0.25, -0.2) is 15.0 Å². The van der Waals surface area contributed by atoms with Crippen molar-refractivity contribution in [2.45, 2.75) is 39.2 Å². The van der Waals surface area contributed by atoms with Crippen molar-refractivity contribution < 1.29 is 9.21 Å². The lowest BCUT2D eigenvalue weighted by molar-refractivity contribution is 0.0900. The molecule has 0 atom stereocenters. The molecule has 0 unspecified atom stereocenters. The minimum atomic E-state index is -0.230. The number of hydrogen-bond donors (Lipinski definition) is 1. The highest BCUT2D eigenvalue weighted by Crippen LogP contribution is 2.39. The fourth-order valence-electron chi connectivity index (χ4n) is 3.01. The van der Waals surface area contributed by atoms with Gasteiger partial charge < -0.3 is 9.73 Å². The fraction of sp³-hybridized carbons (Fsp3) is 0.412. The topological polar surface area (TPSA) is 85.3 Å². The first-order chi connectivity index (χ1) is 11.5. The molecule has 7 nitrogen and oxygen atoms in total. The van der Waals surface area contributed by atoms with Crippen LogP contribution in [-0.4, -0.2) is 30.8 Å². The Hall–Kier alpha value is -2.70. The summed E-state index contributed by atoms with van der Waals surface area (Å²) in [5.74, 6) is 0.342. The number of nitrogens with zero attached hydrogens (tertiary/aromatic N) is 4. The summed E-state index contributed by atoms with van der Waals surface area (Å²) < 4.78 is 6.83. The van der Waals surface area contributed by atoms with Crippen molar-refractivity contribution in [3.8, 4) is 11.4 Å². The minimum Gasteiger partial charge on any atom is -0.451 e. The van der Waals surface area contributed by atoms with Crippen LogP contribution >= 0.6 is 0 Å². The predicted molar refractivity (Wildman–Crippen MR) is 87.5 cm³/mol. The van der Waals surface area contributed by atoms with E-state index in [1.807, 2.05) is 17.4 Å². The van der Waals surface area contributed by atoms with Gasteiger partial charge in [0, 0.05) is 11.2 Å². The van der Waals surface area contributed by atoms with Crippen molar-refractivity contribution in [3.63, 3.8) is 0 Å². The molecule has 0 radical (unpaired) electrons. The average molecular weight is 325 g/mol. The smallest absolute Gasteiger partial charge is 0.274 e. The van der Waals surface area contributed by atoms with E-state index in [0.717, 1.165) is 18.5 Å². The van der Waals surface area contributed by atoms with Gasteiger partial charge in [-0.3, -0.25) is 9.20 Å². The SMILES string of the molecule is Cc1cc(-c2cocn2)nc2c(C(=O)NC(C)(C)C3CC3)ncn12. The summed E-state index contributed by atoms with van der Waals surface area (Å²) >= 11 is 0. The van der Waals surface area contributed by atoms with E-state index in [4.69, 9.17) is 4.42 Å². The summed E-state index contributed by atoms with van der Waals surface area (Å²) in [6.45, 7) is 6.05. The lowest BCUT2D eigenvalue weighted by Gasteiger charge is -2.25. The monoisotopic (exact) mass is 325 g/mol. The van der Waals surface area contributed by atoms with E-state index in [-0.39, 0.29) is 11.4 Å². The molecule has 0 aromatic carbocycles. The number of nitrogens with one attached hydrogen (secondary N) is 1. The van der Waals surface area contributed by atoms with E-state index < -0.39 is 0 Å². The molecule has 24 heavy (non-hydrogen) atoms. The normalized spacial score (nSPS) is 15.0. The zero-order valence-corrected chi connectivity index (χ0v) is 13.9. The number of aromatic nitrogens is 4. The molecule has 4 rings (SSSR count). The number of aryl methyl sites for hydroxylation is 1. The van der Waals surface area contributed by atoms with Gasteiger partial charge in [-0.15, -0.1) is 0 Å². The second kappa shape index (κ2) is 5.15. The summed E-state index contributed by atoms with van der Waals surface area (Å²) in [6.07, 6.45) is 6.84. The zero-order valence-electron chi connectivity index (χ0n) is 13.9. The van der Waals surface area contributed by atoms with Crippen LogP contribution in [0.15, 0.2) is 29.5 Å². The van der Waals surface area contributed by atoms with E-state index >= 15 is 0 Å². The highest BCUT2D eigenvalue weighted by molar-refractivity contribution is 5.98. The molecule has 0 saturated heterocycles. The van der Waals surface area contributed by atoms with Crippen molar-refractivity contribution in [1.82, 2.24) is 24.7 Å². The van der Waals surface area contributed by atoms with E-state index in [2.05, 4.69) is 34.1 Å². The lowest BCUT2D eigenvalue weighted by atomic mass is 9.98. The maximum atomic E-state index is 12.7.